The number of ether oxygens (including phenoxy) is 1. The van der Waals surface area contributed by atoms with Gasteiger partial charge in [0.05, 0.1) is 17.6 Å². The fourth-order valence-corrected chi connectivity index (χ4v) is 5.94. The van der Waals surface area contributed by atoms with Crippen molar-refractivity contribution in [3.63, 3.8) is 0 Å². The third-order valence-corrected chi connectivity index (χ3v) is 8.40. The van der Waals surface area contributed by atoms with Gasteiger partial charge in [-0.05, 0) is 39.5 Å². The number of nitrogens with one attached hydrogen (secondary N) is 2. The monoisotopic (exact) mass is 545 g/mol. The quantitative estimate of drug-likeness (QED) is 0.524. The zero-order valence-electron chi connectivity index (χ0n) is 22.6. The minimum Gasteiger partial charge on any atom is -0.443 e. The summed E-state index contributed by atoms with van der Waals surface area (Å²) in [6.07, 6.45) is 1.87. The molecule has 4 heterocycles. The Morgan fingerprint density at radius 3 is 2.50 bits per heavy atom. The highest BCUT2D eigenvalue weighted by atomic mass is 32.1. The molecule has 0 bridgehead atoms. The van der Waals surface area contributed by atoms with Crippen LogP contribution in [0, 0.1) is 16.7 Å². The van der Waals surface area contributed by atoms with E-state index in [1.807, 2.05) is 9.80 Å². The maximum atomic E-state index is 13.2. The van der Waals surface area contributed by atoms with Gasteiger partial charge in [-0.15, -0.1) is 11.3 Å². The van der Waals surface area contributed by atoms with Gasteiger partial charge in [-0.25, -0.2) is 10.2 Å². The largest absolute Gasteiger partial charge is 0.443 e. The zero-order chi connectivity index (χ0) is 27.5. The number of carbonyl (C=O) groups is 3. The van der Waals surface area contributed by atoms with Crippen LogP contribution in [0.3, 0.4) is 0 Å². The molecule has 2 N–H and O–H groups in total. The van der Waals surface area contributed by atoms with Crippen LogP contribution < -0.4 is 10.9 Å². The molecule has 0 radical (unpaired) electrons. The second-order valence-corrected chi connectivity index (χ2v) is 13.3. The number of carbonyl (C=O) groups excluding carboxylic acids is 3. The number of thiazole rings is 1. The van der Waals surface area contributed by atoms with Crippen molar-refractivity contribution in [2.75, 3.05) is 26.2 Å². The Hall–Kier alpha value is -3.06. The Labute approximate surface area is 225 Å². The fourth-order valence-electron chi connectivity index (χ4n) is 5.35. The van der Waals surface area contributed by atoms with E-state index in [0.29, 0.717) is 42.8 Å². The van der Waals surface area contributed by atoms with E-state index < -0.39 is 17.7 Å². The highest BCUT2D eigenvalue weighted by molar-refractivity contribution is 7.11. The van der Waals surface area contributed by atoms with E-state index in [1.54, 1.807) is 39.4 Å². The molecule has 3 aliphatic rings. The second kappa shape index (κ2) is 9.30. The van der Waals surface area contributed by atoms with Gasteiger partial charge in [0.25, 0.3) is 5.91 Å². The molecule has 5 rings (SSSR count). The van der Waals surface area contributed by atoms with E-state index in [4.69, 9.17) is 9.26 Å². The number of hydrogen-bond donors (Lipinski definition) is 2. The zero-order valence-corrected chi connectivity index (χ0v) is 23.4. The number of nitrogens with zero attached hydrogens (tertiary/aromatic N) is 5. The lowest BCUT2D eigenvalue weighted by molar-refractivity contribution is -0.145. The fraction of sp³-hybridized carbons (Fsp3) is 0.680. The first-order chi connectivity index (χ1) is 17.8. The summed E-state index contributed by atoms with van der Waals surface area (Å²) < 4.78 is 10.8. The number of rotatable bonds is 6. The first kappa shape index (κ1) is 26.5. The van der Waals surface area contributed by atoms with Gasteiger partial charge in [-0.1, -0.05) is 19.0 Å². The van der Waals surface area contributed by atoms with Crippen LogP contribution in [0.15, 0.2) is 16.2 Å². The lowest BCUT2D eigenvalue weighted by atomic mass is 9.71. The van der Waals surface area contributed by atoms with Crippen molar-refractivity contribution >= 4 is 29.2 Å². The van der Waals surface area contributed by atoms with E-state index in [9.17, 15) is 14.4 Å². The van der Waals surface area contributed by atoms with Gasteiger partial charge in [-0.3, -0.25) is 20.0 Å². The van der Waals surface area contributed by atoms with Crippen LogP contribution >= 0.6 is 11.3 Å². The topological polar surface area (TPSA) is 143 Å². The third kappa shape index (κ3) is 5.13. The van der Waals surface area contributed by atoms with Crippen LogP contribution in [0.4, 0.5) is 4.79 Å². The highest BCUT2D eigenvalue weighted by Crippen LogP contribution is 2.55. The van der Waals surface area contributed by atoms with Gasteiger partial charge >= 0.3 is 6.09 Å². The molecule has 206 valence electrons. The molecule has 3 atom stereocenters. The van der Waals surface area contributed by atoms with Gasteiger partial charge in [0.15, 0.2) is 5.82 Å². The van der Waals surface area contributed by atoms with E-state index in [2.05, 4.69) is 39.8 Å². The van der Waals surface area contributed by atoms with Crippen LogP contribution in [-0.4, -0.2) is 74.6 Å². The van der Waals surface area contributed by atoms with Crippen molar-refractivity contribution in [3.05, 3.63) is 28.3 Å². The van der Waals surface area contributed by atoms with Crippen molar-refractivity contribution in [2.24, 2.45) is 16.7 Å². The summed E-state index contributed by atoms with van der Waals surface area (Å²) in [6, 6.07) is -0.479. The maximum absolute atomic E-state index is 13.2. The number of amides is 3. The smallest absolute Gasteiger partial charge is 0.422 e. The van der Waals surface area contributed by atoms with Gasteiger partial charge in [0, 0.05) is 37.5 Å². The molecule has 2 aromatic rings. The first-order valence-corrected chi connectivity index (χ1v) is 13.7. The predicted molar refractivity (Wildman–Crippen MR) is 137 cm³/mol. The van der Waals surface area contributed by atoms with Crippen LogP contribution in [0.25, 0.3) is 0 Å². The van der Waals surface area contributed by atoms with Crippen LogP contribution in [0.5, 0.6) is 0 Å². The second-order valence-electron chi connectivity index (χ2n) is 12.4. The molecule has 2 aromatic heterocycles. The van der Waals surface area contributed by atoms with E-state index in [-0.39, 0.29) is 34.5 Å². The Balaban J connectivity index is 1.29. The Morgan fingerprint density at radius 1 is 1.21 bits per heavy atom. The first-order valence-electron chi connectivity index (χ1n) is 12.8. The third-order valence-electron chi connectivity index (χ3n) is 7.64. The van der Waals surface area contributed by atoms with E-state index in [0.717, 1.165) is 6.42 Å². The Kier molecular flexibility index (Phi) is 6.49. The van der Waals surface area contributed by atoms with E-state index >= 15 is 0 Å². The SMILES string of the molecule is CC(NNC(=O)OC(C)(C)C)c1nc(C2CN(C(=O)c3cncs3)CC23CN(C(=O)[C@H]2CC2(C)C)C3)no1. The molecule has 38 heavy (non-hydrogen) atoms. The summed E-state index contributed by atoms with van der Waals surface area (Å²) in [6.45, 7) is 13.4. The van der Waals surface area contributed by atoms with Crippen LogP contribution in [0.1, 0.15) is 81.3 Å². The summed E-state index contributed by atoms with van der Waals surface area (Å²) in [5, 5.41) is 4.26. The van der Waals surface area contributed by atoms with Gasteiger partial charge in [0.1, 0.15) is 16.5 Å². The van der Waals surface area contributed by atoms with Crippen LogP contribution in [0.2, 0.25) is 0 Å². The Morgan fingerprint density at radius 2 is 1.89 bits per heavy atom. The molecule has 2 unspecified atom stereocenters. The molecule has 12 nitrogen and oxygen atoms in total. The summed E-state index contributed by atoms with van der Waals surface area (Å²) in [5.74, 6) is 0.763. The van der Waals surface area contributed by atoms with Gasteiger partial charge < -0.3 is 19.1 Å². The van der Waals surface area contributed by atoms with Gasteiger partial charge in [0.2, 0.25) is 11.8 Å². The van der Waals surface area contributed by atoms with Crippen molar-refractivity contribution in [1.82, 2.24) is 35.8 Å². The molecule has 3 fully saturated rings. The van der Waals surface area contributed by atoms with Crippen molar-refractivity contribution in [3.8, 4) is 0 Å². The summed E-state index contributed by atoms with van der Waals surface area (Å²) in [7, 11) is 0. The average Bonchev–Trinajstić information content (AvgIpc) is 3.34. The molecule has 1 saturated carbocycles. The standard InChI is InChI=1S/C25H35N7O5S/c1-14(28-29-22(35)36-23(2,3)4)19-27-18(30-37-19)16-9-31(21(34)17-8-26-13-38-17)10-25(16)11-32(12-25)20(33)15-7-24(15,5)6/h8,13-16,28H,7,9-12H2,1-6H3,(H,29,35)/t14?,15-,16?/m1/s1. The van der Waals surface area contributed by atoms with Crippen molar-refractivity contribution in [2.45, 2.75) is 65.5 Å². The van der Waals surface area contributed by atoms with E-state index in [1.165, 1.54) is 11.3 Å². The number of hydrogen-bond acceptors (Lipinski definition) is 10. The lowest BCUT2D eigenvalue weighted by Gasteiger charge is -2.50. The molecule has 0 aromatic carbocycles. The summed E-state index contributed by atoms with van der Waals surface area (Å²) >= 11 is 1.31. The number of likely N-dealkylation sites (tertiary alicyclic amines) is 2. The highest BCUT2D eigenvalue weighted by Gasteiger charge is 2.61. The van der Waals surface area contributed by atoms with Crippen molar-refractivity contribution < 1.29 is 23.6 Å². The molecule has 1 aliphatic carbocycles. The van der Waals surface area contributed by atoms with Crippen LogP contribution in [-0.2, 0) is 9.53 Å². The van der Waals surface area contributed by atoms with Gasteiger partial charge in [-0.2, -0.15) is 4.98 Å². The molecule has 2 aliphatic heterocycles. The summed E-state index contributed by atoms with van der Waals surface area (Å²) in [5.41, 5.74) is 6.05. The average molecular weight is 546 g/mol. The Bertz CT molecular complexity index is 1220. The number of aromatic nitrogens is 3. The molecular weight excluding hydrogens is 510 g/mol. The molecular formula is C25H35N7O5S. The lowest BCUT2D eigenvalue weighted by Crippen LogP contribution is -2.62. The normalized spacial score (nSPS) is 24.2. The molecule has 1 spiro atoms. The minimum atomic E-state index is -0.626. The number of hydrazine groups is 1. The molecule has 2 saturated heterocycles. The maximum Gasteiger partial charge on any atom is 0.422 e. The molecule has 3 amide bonds. The predicted octanol–water partition coefficient (Wildman–Crippen LogP) is 2.73. The summed E-state index contributed by atoms with van der Waals surface area (Å²) in [4.78, 5) is 51.2. The minimum absolute atomic E-state index is 0.0577. The van der Waals surface area contributed by atoms with Crippen molar-refractivity contribution in [1.29, 1.82) is 0 Å². The molecule has 13 heteroatoms.